The maximum atomic E-state index is 12.9. The molecule has 7 heteroatoms. The minimum Gasteiger partial charge on any atom is -0.367 e. The number of amides is 1. The quantitative estimate of drug-likeness (QED) is 0.652. The number of hydrogen-bond donors (Lipinski definition) is 0. The van der Waals surface area contributed by atoms with Crippen LogP contribution >= 0.6 is 0 Å². The minimum absolute atomic E-state index is 0.0514. The number of nitrogens with zero attached hydrogens (tertiary/aromatic N) is 4. The molecule has 1 amide bonds. The monoisotopic (exact) mass is 378 g/mol. The fourth-order valence-electron chi connectivity index (χ4n) is 3.39. The molecule has 1 aromatic carbocycles. The Morgan fingerprint density at radius 3 is 2.86 bits per heavy atom. The van der Waals surface area contributed by atoms with Gasteiger partial charge in [0.15, 0.2) is 5.82 Å². The third-order valence-electron chi connectivity index (χ3n) is 4.79. The maximum Gasteiger partial charge on any atom is 0.256 e. The van der Waals surface area contributed by atoms with Gasteiger partial charge in [0.05, 0.1) is 18.2 Å². The summed E-state index contributed by atoms with van der Waals surface area (Å²) in [6, 6.07) is 13.3. The van der Waals surface area contributed by atoms with E-state index in [0.717, 1.165) is 24.8 Å². The van der Waals surface area contributed by atoms with Gasteiger partial charge in [-0.1, -0.05) is 35.5 Å². The highest BCUT2D eigenvalue weighted by molar-refractivity contribution is 5.94. The van der Waals surface area contributed by atoms with Crippen LogP contribution in [0.15, 0.2) is 59.4 Å². The molecule has 28 heavy (non-hydrogen) atoms. The molecular weight excluding hydrogens is 356 g/mol. The van der Waals surface area contributed by atoms with Gasteiger partial charge in [-0.05, 0) is 37.0 Å². The largest absolute Gasteiger partial charge is 0.367 e. The molecule has 3 aromatic rings. The summed E-state index contributed by atoms with van der Waals surface area (Å²) in [7, 11) is 0. The fraction of sp³-hybridized carbons (Fsp3) is 0.333. The molecule has 0 N–H and O–H groups in total. The van der Waals surface area contributed by atoms with Crippen LogP contribution in [0.5, 0.6) is 0 Å². The van der Waals surface area contributed by atoms with E-state index in [1.54, 1.807) is 24.5 Å². The van der Waals surface area contributed by atoms with Crippen LogP contribution in [-0.4, -0.2) is 32.5 Å². The third-order valence-corrected chi connectivity index (χ3v) is 4.79. The van der Waals surface area contributed by atoms with Crippen LogP contribution in [0.1, 0.15) is 52.9 Å². The van der Waals surface area contributed by atoms with E-state index in [1.807, 2.05) is 35.2 Å². The van der Waals surface area contributed by atoms with Gasteiger partial charge in [-0.25, -0.2) is 0 Å². The van der Waals surface area contributed by atoms with Gasteiger partial charge in [0.25, 0.3) is 11.8 Å². The lowest BCUT2D eigenvalue weighted by molar-refractivity contribution is 0.0596. The normalized spacial score (nSPS) is 16.9. The van der Waals surface area contributed by atoms with Crippen molar-refractivity contribution in [3.05, 3.63) is 77.7 Å². The number of ether oxygens (including phenoxy) is 1. The van der Waals surface area contributed by atoms with Gasteiger partial charge in [-0.2, -0.15) is 4.98 Å². The molecule has 1 atom stereocenters. The molecule has 0 saturated carbocycles. The number of carbonyl (C=O) groups is 1. The van der Waals surface area contributed by atoms with Gasteiger partial charge in [0.2, 0.25) is 0 Å². The molecule has 144 valence electrons. The lowest BCUT2D eigenvalue weighted by Gasteiger charge is -2.33. The summed E-state index contributed by atoms with van der Waals surface area (Å²) in [5.41, 5.74) is 1.66. The number of carbonyl (C=O) groups excluding carboxylic acids is 1. The number of aromatic nitrogens is 3. The first-order valence-electron chi connectivity index (χ1n) is 9.46. The highest BCUT2D eigenvalue weighted by atomic mass is 16.5. The van der Waals surface area contributed by atoms with Crippen LogP contribution in [0.25, 0.3) is 0 Å². The second-order valence-electron chi connectivity index (χ2n) is 6.78. The lowest BCUT2D eigenvalue weighted by atomic mass is 10.0. The van der Waals surface area contributed by atoms with Gasteiger partial charge >= 0.3 is 0 Å². The van der Waals surface area contributed by atoms with E-state index in [-0.39, 0.29) is 18.6 Å². The number of piperidine rings is 1. The van der Waals surface area contributed by atoms with Crippen LogP contribution in [-0.2, 0) is 18.0 Å². The first-order valence-corrected chi connectivity index (χ1v) is 9.46. The molecule has 2 aromatic heterocycles. The van der Waals surface area contributed by atoms with Gasteiger partial charge < -0.3 is 14.2 Å². The first kappa shape index (κ1) is 18.3. The average molecular weight is 378 g/mol. The van der Waals surface area contributed by atoms with Crippen molar-refractivity contribution in [2.75, 3.05) is 6.54 Å². The minimum atomic E-state index is -0.187. The zero-order chi connectivity index (χ0) is 19.2. The number of rotatable bonds is 6. The highest BCUT2D eigenvalue weighted by Crippen LogP contribution is 2.30. The van der Waals surface area contributed by atoms with Crippen LogP contribution in [0.2, 0.25) is 0 Å². The Balaban J connectivity index is 1.41. The van der Waals surface area contributed by atoms with E-state index in [1.165, 1.54) is 0 Å². The van der Waals surface area contributed by atoms with Gasteiger partial charge in [-0.3, -0.25) is 9.78 Å². The van der Waals surface area contributed by atoms with Crippen LogP contribution < -0.4 is 0 Å². The van der Waals surface area contributed by atoms with E-state index >= 15 is 0 Å². The summed E-state index contributed by atoms with van der Waals surface area (Å²) in [5, 5.41) is 4.12. The number of pyridine rings is 1. The Morgan fingerprint density at radius 1 is 1.14 bits per heavy atom. The molecule has 1 fully saturated rings. The molecule has 0 radical (unpaired) electrons. The third kappa shape index (κ3) is 4.26. The van der Waals surface area contributed by atoms with Gasteiger partial charge in [0, 0.05) is 18.9 Å². The van der Waals surface area contributed by atoms with E-state index in [4.69, 9.17) is 9.26 Å². The molecule has 0 aliphatic carbocycles. The second-order valence-corrected chi connectivity index (χ2v) is 6.78. The van der Waals surface area contributed by atoms with Crippen LogP contribution in [0, 0.1) is 0 Å². The SMILES string of the molecule is O=C(c1cccnc1)N1CCCCC1c1noc(COCc2ccccc2)n1. The highest BCUT2D eigenvalue weighted by Gasteiger charge is 2.32. The van der Waals surface area contributed by atoms with Gasteiger partial charge in [-0.15, -0.1) is 0 Å². The zero-order valence-corrected chi connectivity index (χ0v) is 15.5. The molecule has 3 heterocycles. The summed E-state index contributed by atoms with van der Waals surface area (Å²) >= 11 is 0. The molecule has 0 bridgehead atoms. The predicted octanol–water partition coefficient (Wildman–Crippen LogP) is 3.55. The topological polar surface area (TPSA) is 81.4 Å². The molecule has 1 aliphatic heterocycles. The Bertz CT molecular complexity index is 898. The smallest absolute Gasteiger partial charge is 0.256 e. The van der Waals surface area contributed by atoms with E-state index in [2.05, 4.69) is 15.1 Å². The summed E-state index contributed by atoms with van der Waals surface area (Å²) in [4.78, 5) is 23.2. The summed E-state index contributed by atoms with van der Waals surface area (Å²) in [5.74, 6) is 0.907. The van der Waals surface area contributed by atoms with Crippen LogP contribution in [0.4, 0.5) is 0 Å². The Labute approximate surface area is 163 Å². The number of hydrogen-bond acceptors (Lipinski definition) is 6. The Kier molecular flexibility index (Phi) is 5.72. The number of likely N-dealkylation sites (tertiary alicyclic amines) is 1. The van der Waals surface area contributed by atoms with E-state index < -0.39 is 0 Å². The van der Waals surface area contributed by atoms with Crippen molar-refractivity contribution in [1.29, 1.82) is 0 Å². The Hall–Kier alpha value is -3.06. The maximum absolute atomic E-state index is 12.9. The van der Waals surface area contributed by atoms with Crippen molar-refractivity contribution in [2.45, 2.75) is 38.5 Å². The van der Waals surface area contributed by atoms with Crippen molar-refractivity contribution in [3.8, 4) is 0 Å². The van der Waals surface area contributed by atoms with Gasteiger partial charge in [0.1, 0.15) is 6.61 Å². The zero-order valence-electron chi connectivity index (χ0n) is 15.5. The first-order chi connectivity index (χ1) is 13.8. The van der Waals surface area contributed by atoms with Crippen molar-refractivity contribution >= 4 is 5.91 Å². The second kappa shape index (κ2) is 8.75. The summed E-state index contributed by atoms with van der Waals surface area (Å²) in [6.07, 6.45) is 6.05. The molecule has 4 rings (SSSR count). The van der Waals surface area contributed by atoms with Crippen molar-refractivity contribution in [3.63, 3.8) is 0 Å². The summed E-state index contributed by atoms with van der Waals surface area (Å²) < 4.78 is 11.0. The molecule has 1 saturated heterocycles. The number of benzene rings is 1. The van der Waals surface area contributed by atoms with Crippen molar-refractivity contribution < 1.29 is 14.1 Å². The predicted molar refractivity (Wildman–Crippen MR) is 101 cm³/mol. The van der Waals surface area contributed by atoms with Crippen molar-refractivity contribution in [1.82, 2.24) is 20.0 Å². The van der Waals surface area contributed by atoms with E-state index in [0.29, 0.717) is 30.4 Å². The average Bonchev–Trinajstić information content (AvgIpc) is 3.23. The molecular formula is C21H22N4O3. The molecule has 1 unspecified atom stereocenters. The van der Waals surface area contributed by atoms with Crippen molar-refractivity contribution in [2.24, 2.45) is 0 Å². The van der Waals surface area contributed by atoms with Crippen LogP contribution in [0.3, 0.4) is 0 Å². The van der Waals surface area contributed by atoms with E-state index in [9.17, 15) is 4.79 Å². The fourth-order valence-corrected chi connectivity index (χ4v) is 3.39. The molecule has 7 nitrogen and oxygen atoms in total. The summed E-state index contributed by atoms with van der Waals surface area (Å²) in [6.45, 7) is 1.39. The Morgan fingerprint density at radius 2 is 2.04 bits per heavy atom. The molecule has 0 spiro atoms. The lowest BCUT2D eigenvalue weighted by Crippen LogP contribution is -2.39. The standard InChI is InChI=1S/C21H22N4O3/c26-21(17-9-6-11-22-13-17)25-12-5-4-10-18(25)20-23-19(28-24-20)15-27-14-16-7-2-1-3-8-16/h1-3,6-9,11,13,18H,4-5,10,12,14-15H2. The molecule has 1 aliphatic rings.